The van der Waals surface area contributed by atoms with Crippen LogP contribution in [0.2, 0.25) is 0 Å². The number of nitrogens with two attached hydrogens (primary N) is 1. The Bertz CT molecular complexity index is 614. The number of carbonyl (C=O) groups is 1. The van der Waals surface area contributed by atoms with Crippen molar-refractivity contribution < 1.29 is 9.21 Å². The zero-order chi connectivity index (χ0) is 16.2. The number of primary amides is 1. The Morgan fingerprint density at radius 3 is 2.45 bits per heavy atom. The molecule has 0 radical (unpaired) electrons. The van der Waals surface area contributed by atoms with Crippen LogP contribution >= 0.6 is 0 Å². The van der Waals surface area contributed by atoms with Gasteiger partial charge in [-0.15, -0.1) is 0 Å². The van der Waals surface area contributed by atoms with Crippen LogP contribution in [0.4, 0.5) is 0 Å². The lowest BCUT2D eigenvalue weighted by Crippen LogP contribution is -2.33. The zero-order valence-corrected chi connectivity index (χ0v) is 13.4. The zero-order valence-electron chi connectivity index (χ0n) is 13.4. The standard InChI is InChI=1S/C17H23N3O2/c1-17(2,3)14-9-19-16(22-14)12-20(11-15(18)21)10-13-7-5-4-6-8-13/h4-9H,10-12H2,1-3H3,(H2,18,21). The highest BCUT2D eigenvalue weighted by Crippen LogP contribution is 2.23. The molecule has 0 atom stereocenters. The molecule has 2 N–H and O–H groups in total. The number of oxazole rings is 1. The molecular weight excluding hydrogens is 278 g/mol. The monoisotopic (exact) mass is 301 g/mol. The Hall–Kier alpha value is -2.14. The first kappa shape index (κ1) is 16.2. The first-order valence-corrected chi connectivity index (χ1v) is 7.34. The summed E-state index contributed by atoms with van der Waals surface area (Å²) in [6.45, 7) is 7.46. The second-order valence-corrected chi connectivity index (χ2v) is 6.47. The van der Waals surface area contributed by atoms with Crippen LogP contribution in [0.15, 0.2) is 40.9 Å². The lowest BCUT2D eigenvalue weighted by atomic mass is 9.94. The molecule has 0 aliphatic carbocycles. The number of rotatable bonds is 6. The number of hydrogen-bond donors (Lipinski definition) is 1. The van der Waals surface area contributed by atoms with Crippen LogP contribution in [0.25, 0.3) is 0 Å². The van der Waals surface area contributed by atoms with Crippen molar-refractivity contribution in [1.29, 1.82) is 0 Å². The molecule has 1 amide bonds. The molecule has 0 aliphatic heterocycles. The summed E-state index contributed by atoms with van der Waals surface area (Å²) in [5, 5.41) is 0. The normalized spacial score (nSPS) is 11.8. The molecule has 1 aromatic heterocycles. The lowest BCUT2D eigenvalue weighted by molar-refractivity contribution is -0.119. The third kappa shape index (κ3) is 4.70. The number of hydrogen-bond acceptors (Lipinski definition) is 4. The average Bonchev–Trinajstić information content (AvgIpc) is 2.87. The SMILES string of the molecule is CC(C)(C)c1cnc(CN(CC(N)=O)Cc2ccccc2)o1. The Morgan fingerprint density at radius 2 is 1.91 bits per heavy atom. The van der Waals surface area contributed by atoms with Gasteiger partial charge in [-0.25, -0.2) is 4.98 Å². The Balaban J connectivity index is 2.09. The molecule has 2 rings (SSSR count). The van der Waals surface area contributed by atoms with Gasteiger partial charge in [0.05, 0.1) is 19.3 Å². The van der Waals surface area contributed by atoms with Gasteiger partial charge in [0, 0.05) is 12.0 Å². The largest absolute Gasteiger partial charge is 0.444 e. The van der Waals surface area contributed by atoms with E-state index < -0.39 is 0 Å². The van der Waals surface area contributed by atoms with Crippen LogP contribution in [0.1, 0.15) is 38.0 Å². The highest BCUT2D eigenvalue weighted by Gasteiger charge is 2.20. The predicted molar refractivity (Wildman–Crippen MR) is 85.0 cm³/mol. The van der Waals surface area contributed by atoms with Crippen molar-refractivity contribution in [3.05, 3.63) is 53.7 Å². The smallest absolute Gasteiger partial charge is 0.231 e. The number of amides is 1. The molecule has 0 saturated carbocycles. The Labute approximate surface area is 131 Å². The fourth-order valence-electron chi connectivity index (χ4n) is 2.15. The number of carbonyl (C=O) groups excluding carboxylic acids is 1. The van der Waals surface area contributed by atoms with Crippen LogP contribution in [0.5, 0.6) is 0 Å². The number of nitrogens with zero attached hydrogens (tertiary/aromatic N) is 2. The first-order valence-electron chi connectivity index (χ1n) is 7.34. The van der Waals surface area contributed by atoms with Gasteiger partial charge in [-0.05, 0) is 5.56 Å². The maximum absolute atomic E-state index is 11.3. The van der Waals surface area contributed by atoms with E-state index in [2.05, 4.69) is 25.8 Å². The van der Waals surface area contributed by atoms with Crippen molar-refractivity contribution in [2.45, 2.75) is 39.3 Å². The summed E-state index contributed by atoms with van der Waals surface area (Å²) in [5.74, 6) is 1.07. The maximum Gasteiger partial charge on any atom is 0.231 e. The van der Waals surface area contributed by atoms with E-state index in [-0.39, 0.29) is 17.9 Å². The molecular formula is C17H23N3O2. The van der Waals surface area contributed by atoms with Crippen molar-refractivity contribution in [3.8, 4) is 0 Å². The summed E-state index contributed by atoms with van der Waals surface area (Å²) >= 11 is 0. The molecule has 0 spiro atoms. The fourth-order valence-corrected chi connectivity index (χ4v) is 2.15. The summed E-state index contributed by atoms with van der Waals surface area (Å²) in [6.07, 6.45) is 1.75. The van der Waals surface area contributed by atoms with Gasteiger partial charge in [0.2, 0.25) is 11.8 Å². The van der Waals surface area contributed by atoms with Crippen LogP contribution in [0.3, 0.4) is 0 Å². The minimum absolute atomic E-state index is 0.0841. The van der Waals surface area contributed by atoms with Crippen LogP contribution in [0, 0.1) is 0 Å². The molecule has 1 heterocycles. The van der Waals surface area contributed by atoms with Crippen molar-refractivity contribution in [2.24, 2.45) is 5.73 Å². The van der Waals surface area contributed by atoms with Crippen molar-refractivity contribution in [3.63, 3.8) is 0 Å². The van der Waals surface area contributed by atoms with Gasteiger partial charge < -0.3 is 10.2 Å². The van der Waals surface area contributed by atoms with E-state index in [0.717, 1.165) is 11.3 Å². The Morgan fingerprint density at radius 1 is 1.23 bits per heavy atom. The van der Waals surface area contributed by atoms with Crippen LogP contribution in [-0.4, -0.2) is 22.3 Å². The third-order valence-electron chi connectivity index (χ3n) is 3.28. The first-order chi connectivity index (χ1) is 10.3. The van der Waals surface area contributed by atoms with Crippen LogP contribution in [-0.2, 0) is 23.3 Å². The van der Waals surface area contributed by atoms with E-state index in [1.54, 1.807) is 6.20 Å². The second kappa shape index (κ2) is 6.75. The van der Waals surface area contributed by atoms with Crippen LogP contribution < -0.4 is 5.73 Å². The predicted octanol–water partition coefficient (Wildman–Crippen LogP) is 2.46. The summed E-state index contributed by atoms with van der Waals surface area (Å²) in [7, 11) is 0. The number of benzene rings is 1. The van der Waals surface area contributed by atoms with Crippen molar-refractivity contribution >= 4 is 5.91 Å². The summed E-state index contributed by atoms with van der Waals surface area (Å²) in [4.78, 5) is 17.5. The Kier molecular flexibility index (Phi) is 4.98. The minimum atomic E-state index is -0.362. The third-order valence-corrected chi connectivity index (χ3v) is 3.28. The van der Waals surface area contributed by atoms with E-state index in [1.165, 1.54) is 0 Å². The van der Waals surface area contributed by atoms with Gasteiger partial charge in [-0.3, -0.25) is 9.69 Å². The van der Waals surface area contributed by atoms with Gasteiger partial charge >= 0.3 is 0 Å². The van der Waals surface area contributed by atoms with E-state index in [1.807, 2.05) is 35.2 Å². The highest BCUT2D eigenvalue weighted by molar-refractivity contribution is 5.75. The second-order valence-electron chi connectivity index (χ2n) is 6.47. The van der Waals surface area contributed by atoms with Gasteiger partial charge in [0.25, 0.3) is 0 Å². The van der Waals surface area contributed by atoms with Gasteiger partial charge in [0.1, 0.15) is 5.76 Å². The molecule has 0 aliphatic rings. The molecule has 5 nitrogen and oxygen atoms in total. The van der Waals surface area contributed by atoms with E-state index in [0.29, 0.717) is 19.0 Å². The van der Waals surface area contributed by atoms with Gasteiger partial charge in [-0.1, -0.05) is 51.1 Å². The molecule has 2 aromatic rings. The van der Waals surface area contributed by atoms with Crippen molar-refractivity contribution in [1.82, 2.24) is 9.88 Å². The minimum Gasteiger partial charge on any atom is -0.444 e. The molecule has 5 heteroatoms. The summed E-state index contributed by atoms with van der Waals surface area (Å²) in [6, 6.07) is 9.95. The molecule has 22 heavy (non-hydrogen) atoms. The number of aromatic nitrogens is 1. The van der Waals surface area contributed by atoms with Gasteiger partial charge in [-0.2, -0.15) is 0 Å². The van der Waals surface area contributed by atoms with E-state index >= 15 is 0 Å². The maximum atomic E-state index is 11.3. The van der Waals surface area contributed by atoms with E-state index in [9.17, 15) is 4.79 Å². The quantitative estimate of drug-likeness (QED) is 0.889. The molecule has 1 aromatic carbocycles. The summed E-state index contributed by atoms with van der Waals surface area (Å²) < 4.78 is 5.79. The molecule has 0 bridgehead atoms. The molecule has 0 unspecified atom stereocenters. The lowest BCUT2D eigenvalue weighted by Gasteiger charge is -2.19. The topological polar surface area (TPSA) is 72.4 Å². The fraction of sp³-hybridized carbons (Fsp3) is 0.412. The van der Waals surface area contributed by atoms with Crippen molar-refractivity contribution in [2.75, 3.05) is 6.54 Å². The molecule has 118 valence electrons. The average molecular weight is 301 g/mol. The molecule has 0 saturated heterocycles. The van der Waals surface area contributed by atoms with Gasteiger partial charge in [0.15, 0.2) is 0 Å². The molecule has 0 fully saturated rings. The highest BCUT2D eigenvalue weighted by atomic mass is 16.4. The summed E-state index contributed by atoms with van der Waals surface area (Å²) in [5.41, 5.74) is 6.38. The van der Waals surface area contributed by atoms with E-state index in [4.69, 9.17) is 10.2 Å².